The molecule has 2 aliphatic heterocycles. The molecular formula is C25H29N3O2. The van der Waals surface area contributed by atoms with Crippen molar-refractivity contribution in [3.8, 4) is 0 Å². The summed E-state index contributed by atoms with van der Waals surface area (Å²) in [6, 6.07) is 16.8. The van der Waals surface area contributed by atoms with Crippen LogP contribution in [0.1, 0.15) is 30.4 Å². The summed E-state index contributed by atoms with van der Waals surface area (Å²) in [6.07, 6.45) is 4.82. The topological polar surface area (TPSA) is 52.7 Å². The predicted octanol–water partition coefficient (Wildman–Crippen LogP) is 3.17. The van der Waals surface area contributed by atoms with Crippen molar-refractivity contribution in [2.24, 2.45) is 11.8 Å². The van der Waals surface area contributed by atoms with E-state index >= 15 is 0 Å². The number of nitrogens with zero attached hydrogens (tertiary/aromatic N) is 2. The first-order valence-electron chi connectivity index (χ1n) is 11.2. The average molecular weight is 404 g/mol. The molecule has 1 aliphatic carbocycles. The van der Waals surface area contributed by atoms with E-state index in [0.29, 0.717) is 25.4 Å². The van der Waals surface area contributed by atoms with E-state index in [1.54, 1.807) is 4.90 Å². The van der Waals surface area contributed by atoms with E-state index in [0.717, 1.165) is 38.0 Å². The van der Waals surface area contributed by atoms with E-state index in [-0.39, 0.29) is 17.7 Å². The van der Waals surface area contributed by atoms with Gasteiger partial charge in [0.1, 0.15) is 0 Å². The number of hydrogen-bond donors (Lipinski definition) is 1. The van der Waals surface area contributed by atoms with Crippen LogP contribution in [0.2, 0.25) is 0 Å². The fraction of sp³-hybridized carbons (Fsp3) is 0.440. The Morgan fingerprint density at radius 3 is 2.70 bits per heavy atom. The van der Waals surface area contributed by atoms with Crippen LogP contribution in [0.5, 0.6) is 0 Å². The van der Waals surface area contributed by atoms with Crippen LogP contribution >= 0.6 is 0 Å². The summed E-state index contributed by atoms with van der Waals surface area (Å²) >= 11 is 0. The normalized spacial score (nSPS) is 23.1. The minimum atomic E-state index is -0.252. The molecular weight excluding hydrogens is 374 g/mol. The maximum Gasteiger partial charge on any atom is 0.227 e. The first-order chi connectivity index (χ1) is 14.7. The van der Waals surface area contributed by atoms with Crippen LogP contribution in [-0.2, 0) is 22.4 Å². The third-order valence-electron chi connectivity index (χ3n) is 6.86. The number of anilines is 2. The SMILES string of the molecule is O=C(NC[C@H]1CCN(c2ccccc2)C1)[C@@H]1CC(=O)N(c2ccc3c(c2)CCC3)C1. The molecule has 2 atom stereocenters. The van der Waals surface area contributed by atoms with Crippen LogP contribution in [0.25, 0.3) is 0 Å². The molecule has 5 heteroatoms. The molecule has 2 heterocycles. The lowest BCUT2D eigenvalue weighted by atomic mass is 10.1. The second kappa shape index (κ2) is 8.13. The Kier molecular flexibility index (Phi) is 5.19. The van der Waals surface area contributed by atoms with Crippen molar-refractivity contribution in [1.29, 1.82) is 0 Å². The van der Waals surface area contributed by atoms with Crippen molar-refractivity contribution in [2.75, 3.05) is 36.0 Å². The highest BCUT2D eigenvalue weighted by atomic mass is 16.2. The monoisotopic (exact) mass is 403 g/mol. The molecule has 2 aromatic rings. The third-order valence-corrected chi connectivity index (χ3v) is 6.86. The summed E-state index contributed by atoms with van der Waals surface area (Å²) in [4.78, 5) is 29.5. The minimum absolute atomic E-state index is 0.0187. The third kappa shape index (κ3) is 3.81. The summed E-state index contributed by atoms with van der Waals surface area (Å²) in [7, 11) is 0. The van der Waals surface area contributed by atoms with Crippen molar-refractivity contribution in [3.63, 3.8) is 0 Å². The Bertz CT molecular complexity index is 943. The Balaban J connectivity index is 1.14. The zero-order valence-corrected chi connectivity index (χ0v) is 17.3. The van der Waals surface area contributed by atoms with Crippen LogP contribution in [0.4, 0.5) is 11.4 Å². The number of carbonyl (C=O) groups excluding carboxylic acids is 2. The summed E-state index contributed by atoms with van der Waals surface area (Å²) in [6.45, 7) is 3.17. The quantitative estimate of drug-likeness (QED) is 0.834. The van der Waals surface area contributed by atoms with Crippen LogP contribution < -0.4 is 15.1 Å². The van der Waals surface area contributed by atoms with Gasteiger partial charge in [-0.2, -0.15) is 0 Å². The molecule has 1 N–H and O–H groups in total. The summed E-state index contributed by atoms with van der Waals surface area (Å²) in [5.74, 6) is 0.283. The summed E-state index contributed by atoms with van der Waals surface area (Å²) in [5, 5.41) is 3.13. The molecule has 0 unspecified atom stereocenters. The van der Waals surface area contributed by atoms with E-state index in [9.17, 15) is 9.59 Å². The number of hydrogen-bond acceptors (Lipinski definition) is 3. The fourth-order valence-electron chi connectivity index (χ4n) is 5.12. The Labute approximate surface area is 178 Å². The molecule has 0 spiro atoms. The van der Waals surface area contributed by atoms with Gasteiger partial charge in [-0.05, 0) is 67.0 Å². The molecule has 0 saturated carbocycles. The van der Waals surface area contributed by atoms with Crippen molar-refractivity contribution in [3.05, 3.63) is 59.7 Å². The van der Waals surface area contributed by atoms with Crippen molar-refractivity contribution in [1.82, 2.24) is 5.32 Å². The Morgan fingerprint density at radius 1 is 1.00 bits per heavy atom. The van der Waals surface area contributed by atoms with E-state index < -0.39 is 0 Å². The molecule has 0 aromatic heterocycles. The van der Waals surface area contributed by atoms with E-state index in [2.05, 4.69) is 46.6 Å². The number of benzene rings is 2. The number of carbonyl (C=O) groups is 2. The highest BCUT2D eigenvalue weighted by Crippen LogP contribution is 2.31. The van der Waals surface area contributed by atoms with Crippen molar-refractivity contribution in [2.45, 2.75) is 32.1 Å². The Morgan fingerprint density at radius 2 is 1.83 bits per heavy atom. The highest BCUT2D eigenvalue weighted by Gasteiger charge is 2.36. The molecule has 3 aliphatic rings. The fourth-order valence-corrected chi connectivity index (χ4v) is 5.12. The van der Waals surface area contributed by atoms with Crippen molar-refractivity contribution < 1.29 is 9.59 Å². The molecule has 156 valence electrons. The molecule has 30 heavy (non-hydrogen) atoms. The lowest BCUT2D eigenvalue weighted by Gasteiger charge is -2.19. The standard InChI is InChI=1S/C25H29N3O2/c29-24-14-21(17-28(24)23-10-9-19-5-4-6-20(19)13-23)25(30)26-15-18-11-12-27(16-18)22-7-2-1-3-8-22/h1-3,7-10,13,18,21H,4-6,11-12,14-17H2,(H,26,30)/t18-,21-/m1/s1. The lowest BCUT2D eigenvalue weighted by molar-refractivity contribution is -0.126. The van der Waals surface area contributed by atoms with Gasteiger partial charge in [-0.3, -0.25) is 9.59 Å². The zero-order chi connectivity index (χ0) is 20.5. The predicted molar refractivity (Wildman–Crippen MR) is 119 cm³/mol. The minimum Gasteiger partial charge on any atom is -0.371 e. The Hall–Kier alpha value is -2.82. The first-order valence-corrected chi connectivity index (χ1v) is 11.2. The van der Waals surface area contributed by atoms with Gasteiger partial charge in [-0.1, -0.05) is 24.3 Å². The van der Waals surface area contributed by atoms with Crippen LogP contribution in [0, 0.1) is 11.8 Å². The molecule has 2 amide bonds. The second-order valence-corrected chi connectivity index (χ2v) is 8.89. The zero-order valence-electron chi connectivity index (χ0n) is 17.3. The van der Waals surface area contributed by atoms with E-state index in [4.69, 9.17) is 0 Å². The highest BCUT2D eigenvalue weighted by molar-refractivity contribution is 6.00. The van der Waals surface area contributed by atoms with Gasteiger partial charge >= 0.3 is 0 Å². The lowest BCUT2D eigenvalue weighted by Crippen LogP contribution is -2.36. The molecule has 2 fully saturated rings. The van der Waals surface area contributed by atoms with Gasteiger partial charge in [0.25, 0.3) is 0 Å². The van der Waals surface area contributed by atoms with Crippen LogP contribution in [0.15, 0.2) is 48.5 Å². The molecule has 5 rings (SSSR count). The molecule has 5 nitrogen and oxygen atoms in total. The number of fused-ring (bicyclic) bond motifs is 1. The number of aryl methyl sites for hydroxylation is 2. The van der Waals surface area contributed by atoms with Crippen LogP contribution in [-0.4, -0.2) is 38.0 Å². The van der Waals surface area contributed by atoms with Gasteiger partial charge < -0.3 is 15.1 Å². The van der Waals surface area contributed by atoms with E-state index in [1.807, 2.05) is 12.1 Å². The average Bonchev–Trinajstić information content (AvgIpc) is 3.51. The van der Waals surface area contributed by atoms with Gasteiger partial charge in [-0.25, -0.2) is 0 Å². The largest absolute Gasteiger partial charge is 0.371 e. The molecule has 0 bridgehead atoms. The maximum absolute atomic E-state index is 12.8. The van der Waals surface area contributed by atoms with Gasteiger partial charge in [0, 0.05) is 44.0 Å². The number of rotatable bonds is 5. The molecule has 2 saturated heterocycles. The van der Waals surface area contributed by atoms with Gasteiger partial charge in [0.15, 0.2) is 0 Å². The first kappa shape index (κ1) is 19.2. The van der Waals surface area contributed by atoms with Gasteiger partial charge in [0.05, 0.1) is 5.92 Å². The van der Waals surface area contributed by atoms with E-state index in [1.165, 1.54) is 23.2 Å². The summed E-state index contributed by atoms with van der Waals surface area (Å²) < 4.78 is 0. The van der Waals surface area contributed by atoms with Gasteiger partial charge in [0.2, 0.25) is 11.8 Å². The van der Waals surface area contributed by atoms with Gasteiger partial charge in [-0.15, -0.1) is 0 Å². The molecule has 0 radical (unpaired) electrons. The maximum atomic E-state index is 12.8. The van der Waals surface area contributed by atoms with Crippen molar-refractivity contribution >= 4 is 23.2 Å². The smallest absolute Gasteiger partial charge is 0.227 e. The number of nitrogens with one attached hydrogen (secondary N) is 1. The van der Waals surface area contributed by atoms with Crippen LogP contribution in [0.3, 0.4) is 0 Å². The number of amides is 2. The summed E-state index contributed by atoms with van der Waals surface area (Å²) in [5.41, 5.74) is 4.96. The molecule has 2 aromatic carbocycles. The second-order valence-electron chi connectivity index (χ2n) is 8.89. The number of para-hydroxylation sites is 1.